The van der Waals surface area contributed by atoms with Gasteiger partial charge in [0, 0.05) is 5.56 Å². The number of hydroxylamine groups is 1. The summed E-state index contributed by atoms with van der Waals surface area (Å²) >= 11 is 3.39. The number of halogens is 1. The van der Waals surface area contributed by atoms with Crippen LogP contribution < -0.4 is 31.7 Å². The van der Waals surface area contributed by atoms with Crippen LogP contribution in [0.5, 0.6) is 11.5 Å². The number of carbonyl (C=O) groups excluding carboxylic acids is 3. The molecular formula is C21H24BrN5O6. The molecule has 0 heterocycles. The van der Waals surface area contributed by atoms with E-state index in [1.807, 2.05) is 5.48 Å². The summed E-state index contributed by atoms with van der Waals surface area (Å²) in [6.07, 6.45) is 0.350. The Labute approximate surface area is 198 Å². The number of guanidine groups is 1. The molecule has 0 spiro atoms. The molecule has 2 amide bonds. The van der Waals surface area contributed by atoms with Crippen LogP contribution in [-0.2, 0) is 20.8 Å². The van der Waals surface area contributed by atoms with Gasteiger partial charge in [0.25, 0.3) is 11.8 Å². The molecule has 0 fully saturated rings. The second-order valence-corrected chi connectivity index (χ2v) is 7.44. The molecule has 11 nitrogen and oxygen atoms in total. The maximum atomic E-state index is 12.2. The van der Waals surface area contributed by atoms with Gasteiger partial charge in [-0.2, -0.15) is 5.48 Å². The zero-order valence-corrected chi connectivity index (χ0v) is 19.6. The van der Waals surface area contributed by atoms with Crippen molar-refractivity contribution >= 4 is 45.4 Å². The van der Waals surface area contributed by atoms with Gasteiger partial charge in [0.1, 0.15) is 0 Å². The van der Waals surface area contributed by atoms with Gasteiger partial charge in [-0.25, -0.2) is 9.79 Å². The molecule has 0 aliphatic rings. The molecule has 12 heteroatoms. The average molecular weight is 522 g/mol. The maximum absolute atomic E-state index is 12.2. The van der Waals surface area contributed by atoms with Gasteiger partial charge < -0.3 is 31.1 Å². The van der Waals surface area contributed by atoms with Crippen LogP contribution in [0.25, 0.3) is 0 Å². The predicted octanol–water partition coefficient (Wildman–Crippen LogP) is 1.31. The summed E-state index contributed by atoms with van der Waals surface area (Å²) in [7, 11) is 3.03. The second kappa shape index (κ2) is 12.3. The fourth-order valence-electron chi connectivity index (χ4n) is 2.69. The number of hydrogen-bond acceptors (Lipinski definition) is 7. The summed E-state index contributed by atoms with van der Waals surface area (Å²) in [6.45, 7) is -0.402. The van der Waals surface area contributed by atoms with Gasteiger partial charge in [0.15, 0.2) is 17.5 Å². The average Bonchev–Trinajstić information content (AvgIpc) is 2.79. The monoisotopic (exact) mass is 521 g/mol. The number of nitrogens with one attached hydrogen (secondary N) is 2. The Morgan fingerprint density at radius 3 is 2.52 bits per heavy atom. The smallest absolute Gasteiger partial charge is 0.332 e. The van der Waals surface area contributed by atoms with Crippen molar-refractivity contribution in [3.63, 3.8) is 0 Å². The van der Waals surface area contributed by atoms with Crippen LogP contribution in [0.2, 0.25) is 0 Å². The summed E-state index contributed by atoms with van der Waals surface area (Å²) in [6, 6.07) is 9.74. The zero-order chi connectivity index (χ0) is 24.4. The van der Waals surface area contributed by atoms with E-state index in [2.05, 4.69) is 26.2 Å². The van der Waals surface area contributed by atoms with Crippen molar-refractivity contribution in [1.29, 1.82) is 0 Å². The van der Waals surface area contributed by atoms with E-state index in [1.165, 1.54) is 26.4 Å². The van der Waals surface area contributed by atoms with Crippen LogP contribution in [-0.4, -0.2) is 44.5 Å². The lowest BCUT2D eigenvalue weighted by molar-refractivity contribution is -0.157. The standard InChI is InChI=1S/C21H24BrN5O6/c1-31-16-9-12(8-15(22)19(16)32-2)6-7-18(29)33-27-17(28)11-25-20(30)13-4-3-5-14(10-13)26-21(23)24/h3-5,8-10H,6-7,11H2,1-2H3,(H,25,30)(H,27,28)(H4,23,24,26). The molecule has 0 radical (unpaired) electrons. The van der Waals surface area contributed by atoms with Gasteiger partial charge in [0.05, 0.1) is 37.3 Å². The molecule has 176 valence electrons. The summed E-state index contributed by atoms with van der Waals surface area (Å²) in [5.74, 6) is -0.962. The summed E-state index contributed by atoms with van der Waals surface area (Å²) in [5, 5.41) is 2.41. The van der Waals surface area contributed by atoms with Gasteiger partial charge in [-0.05, 0) is 58.2 Å². The number of benzene rings is 2. The lowest BCUT2D eigenvalue weighted by atomic mass is 10.1. The normalized spacial score (nSPS) is 10.0. The number of carbonyl (C=O) groups is 3. The van der Waals surface area contributed by atoms with Crippen LogP contribution in [0.3, 0.4) is 0 Å². The fraction of sp³-hybridized carbons (Fsp3) is 0.238. The van der Waals surface area contributed by atoms with Gasteiger partial charge >= 0.3 is 5.97 Å². The highest BCUT2D eigenvalue weighted by Gasteiger charge is 2.14. The number of rotatable bonds is 9. The Kier molecular flexibility index (Phi) is 9.48. The Morgan fingerprint density at radius 2 is 1.85 bits per heavy atom. The molecule has 0 unspecified atom stereocenters. The van der Waals surface area contributed by atoms with Crippen LogP contribution in [0.15, 0.2) is 45.9 Å². The number of hydrogen-bond donors (Lipinski definition) is 4. The molecule has 0 aromatic heterocycles. The first-order valence-corrected chi connectivity index (χ1v) is 10.4. The molecule has 0 bridgehead atoms. The van der Waals surface area contributed by atoms with E-state index in [4.69, 9.17) is 25.8 Å². The van der Waals surface area contributed by atoms with E-state index in [0.717, 1.165) is 5.56 Å². The minimum Gasteiger partial charge on any atom is -0.493 e. The minimum absolute atomic E-state index is 0.00610. The number of aryl methyl sites for hydroxylation is 1. The highest BCUT2D eigenvalue weighted by Crippen LogP contribution is 2.36. The summed E-state index contributed by atoms with van der Waals surface area (Å²) in [5.41, 5.74) is 14.1. The van der Waals surface area contributed by atoms with Crippen molar-refractivity contribution in [2.75, 3.05) is 20.8 Å². The van der Waals surface area contributed by atoms with E-state index in [-0.39, 0.29) is 17.9 Å². The van der Waals surface area contributed by atoms with Gasteiger partial charge in [-0.3, -0.25) is 9.59 Å². The molecule has 0 saturated carbocycles. The Morgan fingerprint density at radius 1 is 1.09 bits per heavy atom. The summed E-state index contributed by atoms with van der Waals surface area (Å²) in [4.78, 5) is 44.6. The molecule has 2 aromatic carbocycles. The van der Waals surface area contributed by atoms with E-state index < -0.39 is 24.3 Å². The van der Waals surface area contributed by atoms with Crippen LogP contribution in [0.4, 0.5) is 5.69 Å². The molecule has 33 heavy (non-hydrogen) atoms. The lowest BCUT2D eigenvalue weighted by Gasteiger charge is -2.12. The Balaban J connectivity index is 1.78. The second-order valence-electron chi connectivity index (χ2n) is 6.58. The highest BCUT2D eigenvalue weighted by atomic mass is 79.9. The number of amides is 2. The predicted molar refractivity (Wildman–Crippen MR) is 124 cm³/mol. The highest BCUT2D eigenvalue weighted by molar-refractivity contribution is 9.10. The maximum Gasteiger partial charge on any atom is 0.332 e. The van der Waals surface area contributed by atoms with Crippen LogP contribution in [0, 0.1) is 0 Å². The van der Waals surface area contributed by atoms with Gasteiger partial charge in [-0.1, -0.05) is 6.07 Å². The number of nitrogens with two attached hydrogens (primary N) is 2. The topological polar surface area (TPSA) is 167 Å². The van der Waals surface area contributed by atoms with Crippen LogP contribution in [0.1, 0.15) is 22.3 Å². The fourth-order valence-corrected chi connectivity index (χ4v) is 3.34. The van der Waals surface area contributed by atoms with Gasteiger partial charge in [-0.15, -0.1) is 0 Å². The first-order valence-electron chi connectivity index (χ1n) is 9.60. The third kappa shape index (κ3) is 8.00. The van der Waals surface area contributed by atoms with E-state index in [9.17, 15) is 14.4 Å². The van der Waals surface area contributed by atoms with E-state index in [1.54, 1.807) is 24.3 Å². The third-order valence-corrected chi connectivity index (χ3v) is 4.75. The van der Waals surface area contributed by atoms with Crippen molar-refractivity contribution < 1.29 is 28.7 Å². The number of ether oxygens (including phenoxy) is 2. The first kappa shape index (κ1) is 25.5. The number of aliphatic imine (C=N–C) groups is 1. The molecule has 0 atom stereocenters. The summed E-state index contributed by atoms with van der Waals surface area (Å²) < 4.78 is 11.2. The molecular weight excluding hydrogens is 498 g/mol. The van der Waals surface area contributed by atoms with E-state index in [0.29, 0.717) is 28.1 Å². The van der Waals surface area contributed by atoms with Crippen molar-refractivity contribution in [1.82, 2.24) is 10.8 Å². The Hall–Kier alpha value is -3.80. The molecule has 0 saturated heterocycles. The quantitative estimate of drug-likeness (QED) is 0.217. The third-order valence-electron chi connectivity index (χ3n) is 4.17. The largest absolute Gasteiger partial charge is 0.493 e. The van der Waals surface area contributed by atoms with Crippen molar-refractivity contribution in [3.8, 4) is 11.5 Å². The SMILES string of the molecule is COc1cc(CCC(=O)ONC(=O)CNC(=O)c2cccc(N=C(N)N)c2)cc(Br)c1OC. The van der Waals surface area contributed by atoms with Gasteiger partial charge in [0.2, 0.25) is 0 Å². The van der Waals surface area contributed by atoms with Crippen molar-refractivity contribution in [2.45, 2.75) is 12.8 Å². The molecule has 0 aliphatic heterocycles. The van der Waals surface area contributed by atoms with Crippen molar-refractivity contribution in [3.05, 3.63) is 52.0 Å². The first-order chi connectivity index (χ1) is 15.7. The van der Waals surface area contributed by atoms with Crippen molar-refractivity contribution in [2.24, 2.45) is 16.5 Å². The zero-order valence-electron chi connectivity index (χ0n) is 18.0. The lowest BCUT2D eigenvalue weighted by Crippen LogP contribution is -2.38. The van der Waals surface area contributed by atoms with Crippen LogP contribution >= 0.6 is 15.9 Å². The molecule has 2 rings (SSSR count). The Bertz CT molecular complexity index is 1060. The molecule has 0 aliphatic carbocycles. The molecule has 2 aromatic rings. The minimum atomic E-state index is -0.703. The van der Waals surface area contributed by atoms with E-state index >= 15 is 0 Å². The number of nitrogens with zero attached hydrogens (tertiary/aromatic N) is 1. The molecule has 6 N–H and O–H groups in total. The number of methoxy groups -OCH3 is 2.